The Bertz CT molecular complexity index is 837. The highest BCUT2D eigenvalue weighted by Gasteiger charge is 2.65. The summed E-state index contributed by atoms with van der Waals surface area (Å²) in [5, 5.41) is 44.7. The molecule has 3 rings (SSSR count). The summed E-state index contributed by atoms with van der Waals surface area (Å²) in [5.41, 5.74) is -0.874. The number of ether oxygens (including phenoxy) is 1. The molecular weight excluding hydrogens is 408 g/mol. The van der Waals surface area contributed by atoms with E-state index < -0.39 is 41.4 Å². The fourth-order valence-electron chi connectivity index (χ4n) is 6.33. The molecule has 0 spiro atoms. The molecule has 0 aromatic carbocycles. The Labute approximate surface area is 191 Å². The second kappa shape index (κ2) is 9.26. The lowest BCUT2D eigenvalue weighted by Gasteiger charge is -2.55. The molecule has 178 valence electrons. The first kappa shape index (κ1) is 24.9. The summed E-state index contributed by atoms with van der Waals surface area (Å²) in [4.78, 5) is 10.8. The molecule has 0 saturated carbocycles. The van der Waals surface area contributed by atoms with E-state index in [1.54, 1.807) is 13.0 Å². The van der Waals surface area contributed by atoms with Gasteiger partial charge in [-0.25, -0.2) is 4.79 Å². The lowest BCUT2D eigenvalue weighted by molar-refractivity contribution is -0.195. The largest absolute Gasteiger partial charge is 0.478 e. The van der Waals surface area contributed by atoms with Crippen LogP contribution in [0.25, 0.3) is 0 Å². The minimum Gasteiger partial charge on any atom is -0.478 e. The zero-order valence-electron chi connectivity index (χ0n) is 19.7. The van der Waals surface area contributed by atoms with Crippen molar-refractivity contribution in [3.63, 3.8) is 0 Å². The number of fused-ring (bicyclic) bond motifs is 3. The van der Waals surface area contributed by atoms with Crippen LogP contribution in [0.5, 0.6) is 0 Å². The maximum Gasteiger partial charge on any atom is 0.328 e. The Morgan fingerprint density at radius 1 is 1.31 bits per heavy atom. The van der Waals surface area contributed by atoms with Crippen molar-refractivity contribution in [3.8, 4) is 0 Å². The van der Waals surface area contributed by atoms with E-state index in [0.29, 0.717) is 6.42 Å². The minimum absolute atomic E-state index is 0.0240. The SMILES string of the molecule is CC[C@@H](C)[C@H]1O[C@H](/C=C/C=C/C(=O)O)[C@H](O)[C@]2(O)[C@@H]3CC=C(C)C[C@@H]3C=C(C)[C@H]2C1(C)O. The molecule has 6 heteroatoms. The molecule has 4 N–H and O–H groups in total. The molecule has 0 aromatic rings. The second-order valence-electron chi connectivity index (χ2n) is 10.2. The van der Waals surface area contributed by atoms with Crippen LogP contribution < -0.4 is 0 Å². The van der Waals surface area contributed by atoms with Crippen molar-refractivity contribution in [1.29, 1.82) is 0 Å². The van der Waals surface area contributed by atoms with Crippen LogP contribution in [-0.2, 0) is 9.53 Å². The van der Waals surface area contributed by atoms with Crippen LogP contribution in [0.4, 0.5) is 0 Å². The molecule has 3 aliphatic rings. The van der Waals surface area contributed by atoms with E-state index in [0.717, 1.165) is 24.5 Å². The third-order valence-electron chi connectivity index (χ3n) is 7.84. The monoisotopic (exact) mass is 446 g/mol. The fraction of sp³-hybridized carbons (Fsp3) is 0.654. The maximum absolute atomic E-state index is 12.3. The average Bonchev–Trinajstić information content (AvgIpc) is 2.77. The van der Waals surface area contributed by atoms with Crippen LogP contribution in [-0.4, -0.2) is 55.9 Å². The molecule has 6 nitrogen and oxygen atoms in total. The standard InChI is InChI=1S/C26H38O6/c1-6-16(3)24-25(5,30)22-17(4)14-18-13-15(2)11-12-19(18)26(22,31)23(29)20(32-24)9-7-8-10-21(27)28/h7-11,14,16,18-20,22-24,29-31H,6,12-13H2,1-5H3,(H,27,28)/b9-7+,10-8+/t16-,18-,19-,20-,22+,23+,24-,25?,26+/m1/s1. The number of aliphatic hydroxyl groups excluding tert-OH is 1. The third kappa shape index (κ3) is 4.26. The van der Waals surface area contributed by atoms with Gasteiger partial charge in [0.05, 0.1) is 11.7 Å². The van der Waals surface area contributed by atoms with E-state index in [4.69, 9.17) is 9.84 Å². The van der Waals surface area contributed by atoms with Crippen LogP contribution in [0.15, 0.2) is 47.6 Å². The number of aliphatic carboxylic acids is 1. The van der Waals surface area contributed by atoms with Gasteiger partial charge < -0.3 is 25.2 Å². The molecule has 32 heavy (non-hydrogen) atoms. The van der Waals surface area contributed by atoms with Crippen molar-refractivity contribution in [2.24, 2.45) is 23.7 Å². The summed E-state index contributed by atoms with van der Waals surface area (Å²) in [7, 11) is 0. The average molecular weight is 447 g/mol. The number of carboxylic acids is 1. The van der Waals surface area contributed by atoms with Crippen molar-refractivity contribution in [3.05, 3.63) is 47.6 Å². The molecule has 1 saturated heterocycles. The summed E-state index contributed by atoms with van der Waals surface area (Å²) in [6.07, 6.45) is 9.12. The van der Waals surface area contributed by atoms with Gasteiger partial charge in [0.1, 0.15) is 17.8 Å². The minimum atomic E-state index is -1.60. The van der Waals surface area contributed by atoms with Gasteiger partial charge in [-0.2, -0.15) is 0 Å². The van der Waals surface area contributed by atoms with Gasteiger partial charge in [0.25, 0.3) is 0 Å². The van der Waals surface area contributed by atoms with Gasteiger partial charge in [-0.1, -0.05) is 61.8 Å². The molecule has 1 heterocycles. The van der Waals surface area contributed by atoms with E-state index in [2.05, 4.69) is 19.1 Å². The highest BCUT2D eigenvalue weighted by atomic mass is 16.5. The number of hydrogen-bond acceptors (Lipinski definition) is 5. The van der Waals surface area contributed by atoms with Gasteiger partial charge in [0.15, 0.2) is 0 Å². The van der Waals surface area contributed by atoms with Crippen LogP contribution in [0.2, 0.25) is 0 Å². The Morgan fingerprint density at radius 2 is 2.00 bits per heavy atom. The molecule has 0 aromatic heterocycles. The van der Waals surface area contributed by atoms with Gasteiger partial charge >= 0.3 is 5.97 Å². The molecule has 1 aliphatic heterocycles. The summed E-state index contributed by atoms with van der Waals surface area (Å²) in [6, 6.07) is 0. The second-order valence-corrected chi connectivity index (χ2v) is 10.2. The Hall–Kier alpha value is -1.73. The first-order chi connectivity index (χ1) is 14.9. The Morgan fingerprint density at radius 3 is 2.62 bits per heavy atom. The number of hydrogen-bond donors (Lipinski definition) is 4. The summed E-state index contributed by atoms with van der Waals surface area (Å²) in [5.74, 6) is -1.97. The normalized spacial score (nSPS) is 43.2. The van der Waals surface area contributed by atoms with E-state index in [9.17, 15) is 20.1 Å². The van der Waals surface area contributed by atoms with Crippen LogP contribution in [0.1, 0.15) is 53.9 Å². The predicted octanol–water partition coefficient (Wildman–Crippen LogP) is 3.39. The molecule has 0 radical (unpaired) electrons. The summed E-state index contributed by atoms with van der Waals surface area (Å²) >= 11 is 0. The zero-order valence-corrected chi connectivity index (χ0v) is 19.7. The molecule has 2 aliphatic carbocycles. The van der Waals surface area contributed by atoms with Gasteiger partial charge in [-0.05, 0) is 45.4 Å². The van der Waals surface area contributed by atoms with Crippen LogP contribution in [0.3, 0.4) is 0 Å². The van der Waals surface area contributed by atoms with E-state index >= 15 is 0 Å². The zero-order chi connectivity index (χ0) is 23.8. The van der Waals surface area contributed by atoms with Crippen molar-refractivity contribution in [2.45, 2.75) is 83.4 Å². The predicted molar refractivity (Wildman–Crippen MR) is 123 cm³/mol. The lowest BCUT2D eigenvalue weighted by Crippen LogP contribution is -2.66. The summed E-state index contributed by atoms with van der Waals surface area (Å²) < 4.78 is 6.33. The van der Waals surface area contributed by atoms with Crippen LogP contribution in [0, 0.1) is 23.7 Å². The number of carboxylic acid groups (broad SMARTS) is 1. The van der Waals surface area contributed by atoms with E-state index in [1.807, 2.05) is 20.8 Å². The molecule has 0 bridgehead atoms. The highest BCUT2D eigenvalue weighted by Crippen LogP contribution is 2.56. The fourth-order valence-corrected chi connectivity index (χ4v) is 6.33. The number of allylic oxidation sites excluding steroid dienone is 5. The van der Waals surface area contributed by atoms with Crippen molar-refractivity contribution in [2.75, 3.05) is 0 Å². The first-order valence-corrected chi connectivity index (χ1v) is 11.6. The van der Waals surface area contributed by atoms with Gasteiger partial charge in [-0.3, -0.25) is 0 Å². The molecule has 1 unspecified atom stereocenters. The number of carbonyl (C=O) groups is 1. The Kier molecular flexibility index (Phi) is 7.20. The topological polar surface area (TPSA) is 107 Å². The smallest absolute Gasteiger partial charge is 0.328 e. The number of aliphatic hydroxyl groups is 3. The highest BCUT2D eigenvalue weighted by molar-refractivity contribution is 5.80. The van der Waals surface area contributed by atoms with Crippen molar-refractivity contribution >= 4 is 5.97 Å². The quantitative estimate of drug-likeness (QED) is 0.293. The van der Waals surface area contributed by atoms with Gasteiger partial charge in [0.2, 0.25) is 0 Å². The number of rotatable bonds is 5. The molecule has 9 atom stereocenters. The first-order valence-electron chi connectivity index (χ1n) is 11.6. The summed E-state index contributed by atoms with van der Waals surface area (Å²) in [6.45, 7) is 9.74. The third-order valence-corrected chi connectivity index (χ3v) is 7.84. The van der Waals surface area contributed by atoms with E-state index in [1.165, 1.54) is 17.7 Å². The van der Waals surface area contributed by atoms with Crippen LogP contribution >= 0.6 is 0 Å². The molecule has 1 fully saturated rings. The maximum atomic E-state index is 12.3. The van der Waals surface area contributed by atoms with Gasteiger partial charge in [-0.15, -0.1) is 0 Å². The Balaban J connectivity index is 2.14. The van der Waals surface area contributed by atoms with E-state index in [-0.39, 0.29) is 17.8 Å². The molecule has 0 amide bonds. The van der Waals surface area contributed by atoms with Crippen molar-refractivity contribution < 1.29 is 30.0 Å². The molecular formula is C26H38O6. The van der Waals surface area contributed by atoms with Crippen molar-refractivity contribution in [1.82, 2.24) is 0 Å². The van der Waals surface area contributed by atoms with Gasteiger partial charge in [0, 0.05) is 17.9 Å². The lowest BCUT2D eigenvalue weighted by atomic mass is 9.54.